The molecule has 0 saturated carbocycles. The maximum absolute atomic E-state index is 10.5. The number of rotatable bonds is 2. The second-order valence-electron chi connectivity index (χ2n) is 1.89. The van der Waals surface area contributed by atoms with E-state index in [4.69, 9.17) is 0 Å². The molecule has 0 rings (SSSR count). The molecule has 0 aliphatic carbocycles. The Morgan fingerprint density at radius 3 is 2.60 bits per heavy atom. The van der Waals surface area contributed by atoms with E-state index in [0.717, 1.165) is 5.71 Å². The molecule has 0 unspecified atom stereocenters. The molecule has 0 radical (unpaired) electrons. The van der Waals surface area contributed by atoms with Crippen molar-refractivity contribution in [3.05, 3.63) is 0 Å². The summed E-state index contributed by atoms with van der Waals surface area (Å²) in [5.74, 6) is 0. The van der Waals surface area contributed by atoms with E-state index in [1.165, 1.54) is 0 Å². The van der Waals surface area contributed by atoms with Crippen LogP contribution < -0.4 is 5.43 Å². The first-order valence-electron chi connectivity index (χ1n) is 3.10. The highest BCUT2D eigenvalue weighted by Crippen LogP contribution is 1.76. The molecule has 0 atom stereocenters. The molecule has 0 saturated heterocycles. The summed E-state index contributed by atoms with van der Waals surface area (Å²) >= 11 is 0. The summed E-state index contributed by atoms with van der Waals surface area (Å²) in [5.41, 5.74) is 3.00. The third kappa shape index (κ3) is 5.08. The minimum atomic E-state index is -0.510. The summed E-state index contributed by atoms with van der Waals surface area (Å²) in [7, 11) is 0. The average molecular weight is 144 g/mol. The molecule has 10 heavy (non-hydrogen) atoms. The third-order valence-electron chi connectivity index (χ3n) is 0.646. The van der Waals surface area contributed by atoms with Crippen molar-refractivity contribution in [1.29, 1.82) is 0 Å². The lowest BCUT2D eigenvalue weighted by Gasteiger charge is -1.98. The first kappa shape index (κ1) is 8.94. The molecule has 4 nitrogen and oxygen atoms in total. The lowest BCUT2D eigenvalue weighted by atomic mass is 10.5. The van der Waals surface area contributed by atoms with Gasteiger partial charge in [-0.2, -0.15) is 5.10 Å². The molecule has 0 fully saturated rings. The van der Waals surface area contributed by atoms with Crippen molar-refractivity contribution < 1.29 is 9.53 Å². The number of carbonyl (C=O) groups is 1. The third-order valence-corrected chi connectivity index (χ3v) is 0.646. The van der Waals surface area contributed by atoms with Gasteiger partial charge in [0, 0.05) is 5.71 Å². The summed E-state index contributed by atoms with van der Waals surface area (Å²) in [5, 5.41) is 3.64. The first-order valence-corrected chi connectivity index (χ1v) is 3.10. The van der Waals surface area contributed by atoms with Crippen molar-refractivity contribution in [2.24, 2.45) is 5.10 Å². The van der Waals surface area contributed by atoms with Crippen LogP contribution in [0.15, 0.2) is 5.10 Å². The van der Waals surface area contributed by atoms with Crippen LogP contribution in [0.3, 0.4) is 0 Å². The van der Waals surface area contributed by atoms with E-state index < -0.39 is 6.09 Å². The first-order chi connectivity index (χ1) is 4.66. The van der Waals surface area contributed by atoms with Crippen LogP contribution in [-0.2, 0) is 4.74 Å². The molecule has 0 aromatic heterocycles. The van der Waals surface area contributed by atoms with Gasteiger partial charge in [-0.15, -0.1) is 0 Å². The molecule has 4 heteroatoms. The van der Waals surface area contributed by atoms with Crippen LogP contribution >= 0.6 is 0 Å². The topological polar surface area (TPSA) is 50.7 Å². The van der Waals surface area contributed by atoms with Crippen molar-refractivity contribution in [1.82, 2.24) is 5.43 Å². The van der Waals surface area contributed by atoms with Gasteiger partial charge in [0.25, 0.3) is 0 Å². The Labute approximate surface area is 60.3 Å². The van der Waals surface area contributed by atoms with Crippen molar-refractivity contribution in [2.45, 2.75) is 20.8 Å². The summed E-state index contributed by atoms with van der Waals surface area (Å²) in [4.78, 5) is 10.5. The van der Waals surface area contributed by atoms with Crippen molar-refractivity contribution >= 4 is 11.8 Å². The zero-order valence-electron chi connectivity index (χ0n) is 6.47. The van der Waals surface area contributed by atoms with E-state index in [-0.39, 0.29) is 0 Å². The van der Waals surface area contributed by atoms with E-state index in [2.05, 4.69) is 15.3 Å². The van der Waals surface area contributed by atoms with Crippen LogP contribution in [-0.4, -0.2) is 18.4 Å². The molecule has 0 aliphatic heterocycles. The highest BCUT2D eigenvalue weighted by atomic mass is 16.5. The summed E-state index contributed by atoms with van der Waals surface area (Å²) in [6.45, 7) is 5.67. The molecule has 0 aromatic carbocycles. The van der Waals surface area contributed by atoms with Gasteiger partial charge >= 0.3 is 6.09 Å². The summed E-state index contributed by atoms with van der Waals surface area (Å²) < 4.78 is 4.54. The fourth-order valence-electron chi connectivity index (χ4n) is 0.321. The van der Waals surface area contributed by atoms with Gasteiger partial charge in [0.05, 0.1) is 6.61 Å². The Morgan fingerprint density at radius 2 is 2.20 bits per heavy atom. The van der Waals surface area contributed by atoms with Crippen LogP contribution in [0, 0.1) is 0 Å². The molecule has 58 valence electrons. The molecule has 0 aliphatic rings. The zero-order valence-corrected chi connectivity index (χ0v) is 6.47. The molecule has 0 bridgehead atoms. The lowest BCUT2D eigenvalue weighted by Crippen LogP contribution is -2.19. The number of amides is 1. The SMILES string of the molecule is CCOC(=O)NN=C(C)C. The van der Waals surface area contributed by atoms with Crippen molar-refractivity contribution in [3.63, 3.8) is 0 Å². The number of nitrogens with one attached hydrogen (secondary N) is 1. The van der Waals surface area contributed by atoms with Gasteiger partial charge in [-0.25, -0.2) is 10.2 Å². The average Bonchev–Trinajstić information content (AvgIpc) is 1.85. The molecular weight excluding hydrogens is 132 g/mol. The predicted octanol–water partition coefficient (Wildman–Crippen LogP) is 1.13. The fourth-order valence-corrected chi connectivity index (χ4v) is 0.321. The quantitative estimate of drug-likeness (QED) is 0.466. The van der Waals surface area contributed by atoms with Gasteiger partial charge in [-0.05, 0) is 20.8 Å². The van der Waals surface area contributed by atoms with Crippen LogP contribution in [0.4, 0.5) is 4.79 Å². The second-order valence-corrected chi connectivity index (χ2v) is 1.89. The maximum Gasteiger partial charge on any atom is 0.427 e. The Kier molecular flexibility index (Phi) is 4.28. The highest BCUT2D eigenvalue weighted by molar-refractivity contribution is 5.80. The van der Waals surface area contributed by atoms with E-state index in [9.17, 15) is 4.79 Å². The number of hydrogen-bond acceptors (Lipinski definition) is 3. The minimum Gasteiger partial charge on any atom is -0.449 e. The minimum absolute atomic E-state index is 0.365. The van der Waals surface area contributed by atoms with Gasteiger partial charge < -0.3 is 4.74 Å². The van der Waals surface area contributed by atoms with E-state index in [1.54, 1.807) is 20.8 Å². The second kappa shape index (κ2) is 4.78. The number of nitrogens with zero attached hydrogens (tertiary/aromatic N) is 1. The van der Waals surface area contributed by atoms with Gasteiger partial charge in [-0.1, -0.05) is 0 Å². The molecule has 0 spiro atoms. The molecule has 0 heterocycles. The fraction of sp³-hybridized carbons (Fsp3) is 0.667. The monoisotopic (exact) mass is 144 g/mol. The number of hydrazone groups is 1. The smallest absolute Gasteiger partial charge is 0.427 e. The normalized spacial score (nSPS) is 8.30. The van der Waals surface area contributed by atoms with Gasteiger partial charge in [-0.3, -0.25) is 0 Å². The van der Waals surface area contributed by atoms with Crippen LogP contribution in [0.5, 0.6) is 0 Å². The standard InChI is InChI=1S/C6H12N2O2/c1-4-10-6(9)8-7-5(2)3/h4H2,1-3H3,(H,8,9). The number of ether oxygens (including phenoxy) is 1. The number of hydrogen-bond donors (Lipinski definition) is 1. The molecule has 1 N–H and O–H groups in total. The molecule has 0 aromatic rings. The Balaban J connectivity index is 3.49. The van der Waals surface area contributed by atoms with Crippen molar-refractivity contribution in [2.75, 3.05) is 6.61 Å². The molecular formula is C6H12N2O2. The number of carbonyl (C=O) groups excluding carboxylic acids is 1. The van der Waals surface area contributed by atoms with Crippen LogP contribution in [0.1, 0.15) is 20.8 Å². The summed E-state index contributed by atoms with van der Waals surface area (Å²) in [6, 6.07) is 0. The highest BCUT2D eigenvalue weighted by Gasteiger charge is 1.94. The zero-order chi connectivity index (χ0) is 7.98. The molecule has 1 amide bonds. The maximum atomic E-state index is 10.5. The van der Waals surface area contributed by atoms with E-state index in [0.29, 0.717) is 6.61 Å². The Hall–Kier alpha value is -1.06. The van der Waals surface area contributed by atoms with Crippen molar-refractivity contribution in [3.8, 4) is 0 Å². The van der Waals surface area contributed by atoms with Crippen LogP contribution in [0.2, 0.25) is 0 Å². The summed E-state index contributed by atoms with van der Waals surface area (Å²) in [6.07, 6.45) is -0.510. The van der Waals surface area contributed by atoms with Gasteiger partial charge in [0.1, 0.15) is 0 Å². The predicted molar refractivity (Wildman–Crippen MR) is 38.9 cm³/mol. The largest absolute Gasteiger partial charge is 0.449 e. The Morgan fingerprint density at radius 1 is 1.60 bits per heavy atom. The van der Waals surface area contributed by atoms with Gasteiger partial charge in [0.2, 0.25) is 0 Å². The van der Waals surface area contributed by atoms with E-state index in [1.807, 2.05) is 0 Å². The van der Waals surface area contributed by atoms with Crippen LogP contribution in [0.25, 0.3) is 0 Å². The van der Waals surface area contributed by atoms with Gasteiger partial charge in [0.15, 0.2) is 0 Å². The van der Waals surface area contributed by atoms with E-state index >= 15 is 0 Å². The Bertz CT molecular complexity index is 139. The lowest BCUT2D eigenvalue weighted by molar-refractivity contribution is 0.152.